The molecule has 3 heterocycles. The number of furan rings is 1. The van der Waals surface area contributed by atoms with Crippen LogP contribution in [0.25, 0.3) is 5.76 Å². The minimum Gasteiger partial charge on any atom is -0.507 e. The highest BCUT2D eigenvalue weighted by atomic mass is 32.1. The fourth-order valence-corrected chi connectivity index (χ4v) is 4.75. The zero-order valence-corrected chi connectivity index (χ0v) is 20.3. The van der Waals surface area contributed by atoms with Gasteiger partial charge in [-0.15, -0.1) is 0 Å². The van der Waals surface area contributed by atoms with Gasteiger partial charge in [0.1, 0.15) is 28.2 Å². The molecule has 1 N–H and O–H groups in total. The van der Waals surface area contributed by atoms with E-state index in [9.17, 15) is 19.5 Å². The third kappa shape index (κ3) is 4.57. The Bertz CT molecular complexity index is 1290. The molecule has 1 atom stereocenters. The Hall–Kier alpha value is -3.92. The van der Waals surface area contributed by atoms with Crippen molar-refractivity contribution in [2.75, 3.05) is 18.6 Å². The first-order valence-corrected chi connectivity index (χ1v) is 11.8. The van der Waals surface area contributed by atoms with Gasteiger partial charge in [0, 0.05) is 5.56 Å². The number of aliphatic hydroxyl groups excluding tert-OH is 1. The summed E-state index contributed by atoms with van der Waals surface area (Å²) in [5.41, 5.74) is 0.524. The van der Waals surface area contributed by atoms with Crippen molar-refractivity contribution in [2.24, 2.45) is 0 Å². The Morgan fingerprint density at radius 2 is 2.06 bits per heavy atom. The van der Waals surface area contributed by atoms with Crippen molar-refractivity contribution in [1.82, 2.24) is 4.98 Å². The molecule has 0 radical (unpaired) electrons. The predicted octanol–water partition coefficient (Wildman–Crippen LogP) is 4.64. The number of Topliss-reactive ketones (excluding diaryl/α,β-unsaturated/α-hetero) is 1. The maximum absolute atomic E-state index is 13.2. The Morgan fingerprint density at radius 1 is 1.26 bits per heavy atom. The Morgan fingerprint density at radius 3 is 2.74 bits per heavy atom. The number of ketones is 1. The number of carbonyl (C=O) groups is 3. The van der Waals surface area contributed by atoms with Crippen LogP contribution in [0, 0.1) is 6.92 Å². The minimum atomic E-state index is -1.08. The summed E-state index contributed by atoms with van der Waals surface area (Å²) in [5, 5.41) is 11.3. The molecule has 1 aliphatic rings. The number of methoxy groups -OCH3 is 1. The van der Waals surface area contributed by atoms with E-state index >= 15 is 0 Å². The first kappa shape index (κ1) is 24.2. The molecule has 182 valence electrons. The second-order valence-corrected chi connectivity index (χ2v) is 8.79. The van der Waals surface area contributed by atoms with Crippen molar-refractivity contribution in [3.05, 3.63) is 70.1 Å². The number of rotatable bonds is 8. The van der Waals surface area contributed by atoms with Crippen molar-refractivity contribution in [3.63, 3.8) is 0 Å². The van der Waals surface area contributed by atoms with Crippen LogP contribution in [0.2, 0.25) is 0 Å². The van der Waals surface area contributed by atoms with Gasteiger partial charge in [0.25, 0.3) is 5.78 Å². The van der Waals surface area contributed by atoms with E-state index in [1.165, 1.54) is 13.4 Å². The minimum absolute atomic E-state index is 0.113. The third-order valence-electron chi connectivity index (χ3n) is 5.49. The lowest BCUT2D eigenvalue weighted by molar-refractivity contribution is -0.132. The Labute approximate surface area is 205 Å². The van der Waals surface area contributed by atoms with Gasteiger partial charge in [-0.3, -0.25) is 14.5 Å². The molecule has 9 nitrogen and oxygen atoms in total. The normalized spacial score (nSPS) is 17.1. The van der Waals surface area contributed by atoms with Crippen LogP contribution in [0.4, 0.5) is 5.13 Å². The van der Waals surface area contributed by atoms with Crippen molar-refractivity contribution in [1.29, 1.82) is 0 Å². The molecule has 2 aromatic heterocycles. The average molecular weight is 497 g/mol. The second kappa shape index (κ2) is 10.1. The van der Waals surface area contributed by atoms with Crippen LogP contribution in [0.3, 0.4) is 0 Å². The molecule has 1 unspecified atom stereocenters. The fraction of sp³-hybridized carbons (Fsp3) is 0.280. The lowest BCUT2D eigenvalue weighted by atomic mass is 9.99. The van der Waals surface area contributed by atoms with E-state index in [0.717, 1.165) is 29.1 Å². The van der Waals surface area contributed by atoms with E-state index in [1.54, 1.807) is 43.3 Å². The number of aromatic nitrogens is 1. The maximum Gasteiger partial charge on any atom is 0.350 e. The molecular weight excluding hydrogens is 472 g/mol. The number of esters is 1. The second-order valence-electron chi connectivity index (χ2n) is 7.82. The van der Waals surface area contributed by atoms with Crippen molar-refractivity contribution < 1.29 is 33.4 Å². The molecule has 1 aliphatic heterocycles. The first-order chi connectivity index (χ1) is 16.9. The van der Waals surface area contributed by atoms with E-state index in [4.69, 9.17) is 13.9 Å². The predicted molar refractivity (Wildman–Crippen MR) is 129 cm³/mol. The number of thiazole rings is 1. The number of amides is 1. The number of aryl methyl sites for hydroxylation is 1. The van der Waals surface area contributed by atoms with Gasteiger partial charge in [-0.1, -0.05) is 36.8 Å². The molecule has 0 saturated carbocycles. The molecule has 4 rings (SSSR count). The van der Waals surface area contributed by atoms with Crippen LogP contribution in [0.5, 0.6) is 5.75 Å². The monoisotopic (exact) mass is 496 g/mol. The summed E-state index contributed by atoms with van der Waals surface area (Å²) in [6, 6.07) is 8.82. The zero-order chi connectivity index (χ0) is 25.1. The third-order valence-corrected chi connectivity index (χ3v) is 6.63. The summed E-state index contributed by atoms with van der Waals surface area (Å²) >= 11 is 0.921. The molecule has 35 heavy (non-hydrogen) atoms. The van der Waals surface area contributed by atoms with Gasteiger partial charge in [0.05, 0.1) is 31.2 Å². The summed E-state index contributed by atoms with van der Waals surface area (Å²) in [6.07, 6.45) is 3.26. The van der Waals surface area contributed by atoms with Crippen LogP contribution in [0.1, 0.15) is 52.5 Å². The van der Waals surface area contributed by atoms with Gasteiger partial charge in [-0.05, 0) is 37.6 Å². The molecular formula is C25H24N2O7S. The van der Waals surface area contributed by atoms with Gasteiger partial charge in [-0.25, -0.2) is 9.78 Å². The quantitative estimate of drug-likeness (QED) is 0.158. The highest BCUT2D eigenvalue weighted by Gasteiger charge is 2.49. The molecule has 10 heteroatoms. The summed E-state index contributed by atoms with van der Waals surface area (Å²) in [5.74, 6) is -1.97. The number of benzene rings is 1. The van der Waals surface area contributed by atoms with E-state index in [1.807, 2.05) is 0 Å². The average Bonchev–Trinajstić information content (AvgIpc) is 3.58. The SMILES string of the molecule is CCCCOc1cccc(C(O)=C2C(=O)C(=O)N(c3nc(C)c(C(=O)OC)s3)C2c2ccco2)c1. The molecule has 0 aliphatic carbocycles. The number of unbranched alkanes of at least 4 members (excludes halogenated alkanes) is 1. The highest BCUT2D eigenvalue weighted by molar-refractivity contribution is 7.17. The first-order valence-electron chi connectivity index (χ1n) is 11.0. The number of ether oxygens (including phenoxy) is 2. The van der Waals surface area contributed by atoms with Gasteiger partial charge in [0.15, 0.2) is 5.13 Å². The van der Waals surface area contributed by atoms with Crippen LogP contribution >= 0.6 is 11.3 Å². The molecule has 1 amide bonds. The molecule has 0 spiro atoms. The summed E-state index contributed by atoms with van der Waals surface area (Å²) in [7, 11) is 1.25. The fourth-order valence-electron chi connectivity index (χ4n) is 3.74. The summed E-state index contributed by atoms with van der Waals surface area (Å²) in [6.45, 7) is 4.18. The number of carbonyl (C=O) groups excluding carboxylic acids is 3. The number of aliphatic hydroxyl groups is 1. The van der Waals surface area contributed by atoms with Crippen molar-refractivity contribution in [3.8, 4) is 5.75 Å². The van der Waals surface area contributed by atoms with Crippen LogP contribution < -0.4 is 9.64 Å². The molecule has 3 aromatic rings. The van der Waals surface area contributed by atoms with E-state index in [0.29, 0.717) is 23.6 Å². The topological polar surface area (TPSA) is 119 Å². The van der Waals surface area contributed by atoms with Crippen LogP contribution in [-0.2, 0) is 14.3 Å². The highest BCUT2D eigenvalue weighted by Crippen LogP contribution is 2.44. The Balaban J connectivity index is 1.81. The van der Waals surface area contributed by atoms with Gasteiger partial charge in [0.2, 0.25) is 0 Å². The summed E-state index contributed by atoms with van der Waals surface area (Å²) in [4.78, 5) is 44.1. The lowest BCUT2D eigenvalue weighted by Crippen LogP contribution is -2.29. The number of anilines is 1. The van der Waals surface area contributed by atoms with Crippen molar-refractivity contribution in [2.45, 2.75) is 32.7 Å². The van der Waals surface area contributed by atoms with Crippen LogP contribution in [-0.4, -0.2) is 41.5 Å². The van der Waals surface area contributed by atoms with Gasteiger partial charge < -0.3 is 19.0 Å². The van der Waals surface area contributed by atoms with E-state index in [2.05, 4.69) is 11.9 Å². The van der Waals surface area contributed by atoms with E-state index in [-0.39, 0.29) is 27.1 Å². The number of hydrogen-bond donors (Lipinski definition) is 1. The van der Waals surface area contributed by atoms with Gasteiger partial charge >= 0.3 is 11.9 Å². The number of nitrogens with zero attached hydrogens (tertiary/aromatic N) is 2. The smallest absolute Gasteiger partial charge is 0.350 e. The molecule has 1 aromatic carbocycles. The number of hydrogen-bond acceptors (Lipinski definition) is 9. The zero-order valence-electron chi connectivity index (χ0n) is 19.4. The van der Waals surface area contributed by atoms with Crippen LogP contribution in [0.15, 0.2) is 52.7 Å². The largest absolute Gasteiger partial charge is 0.507 e. The standard InChI is InChI=1S/C25H24N2O7S/c1-4-5-11-33-16-9-6-8-15(13-16)20(28)18-19(17-10-7-12-34-17)27(23(30)21(18)29)25-26-14(2)22(35-25)24(31)32-3/h6-10,12-13,19,28H,4-5,11H2,1-3H3. The van der Waals surface area contributed by atoms with E-state index < -0.39 is 23.7 Å². The molecule has 1 fully saturated rings. The summed E-state index contributed by atoms with van der Waals surface area (Å²) < 4.78 is 16.1. The molecule has 0 bridgehead atoms. The lowest BCUT2D eigenvalue weighted by Gasteiger charge is -2.20. The van der Waals surface area contributed by atoms with Gasteiger partial charge in [-0.2, -0.15) is 0 Å². The maximum atomic E-state index is 13.2. The Kier molecular flexibility index (Phi) is 7.02. The molecule has 1 saturated heterocycles. The van der Waals surface area contributed by atoms with Crippen molar-refractivity contribution >= 4 is 39.9 Å².